The molecule has 152 valence electrons. The molecule has 11 nitrogen and oxygen atoms in total. The van der Waals surface area contributed by atoms with Gasteiger partial charge in [0.2, 0.25) is 11.2 Å². The van der Waals surface area contributed by atoms with Gasteiger partial charge in [-0.15, -0.1) is 0 Å². The van der Waals surface area contributed by atoms with E-state index in [2.05, 4.69) is 4.74 Å². The monoisotopic (exact) mass is 390 g/mol. The van der Waals surface area contributed by atoms with Crippen molar-refractivity contribution < 1.29 is 53.9 Å². The minimum atomic E-state index is -3.75. The highest BCUT2D eigenvalue weighted by atomic mass is 16.7. The third kappa shape index (κ3) is 2.74. The van der Waals surface area contributed by atoms with Gasteiger partial charge < -0.3 is 29.9 Å². The molecule has 0 spiro atoms. The predicted octanol–water partition coefficient (Wildman–Crippen LogP) is -2.81. The fraction of sp³-hybridized carbons (Fsp3) is 0.688. The maximum atomic E-state index is 12.3. The average molecular weight is 390 g/mol. The van der Waals surface area contributed by atoms with Gasteiger partial charge in [-0.2, -0.15) is 0 Å². The lowest BCUT2D eigenvalue weighted by Crippen LogP contribution is -2.90. The second-order valence-electron chi connectivity index (χ2n) is 6.47. The van der Waals surface area contributed by atoms with Gasteiger partial charge in [0, 0.05) is 13.8 Å². The molecular formula is C16H22O11. The first-order valence-corrected chi connectivity index (χ1v) is 7.79. The van der Waals surface area contributed by atoms with Gasteiger partial charge >= 0.3 is 5.97 Å². The molecule has 5 atom stereocenters. The summed E-state index contributed by atoms with van der Waals surface area (Å²) in [5.41, 5.74) is -10.8. The van der Waals surface area contributed by atoms with Crippen LogP contribution in [0.15, 0.2) is 0 Å². The summed E-state index contributed by atoms with van der Waals surface area (Å²) in [5, 5.41) is 43.5. The molecule has 0 amide bonds. The maximum Gasteiger partial charge on any atom is 0.302 e. The van der Waals surface area contributed by atoms with Crippen LogP contribution in [0, 0.1) is 0 Å². The van der Waals surface area contributed by atoms with Gasteiger partial charge in [-0.3, -0.25) is 24.0 Å². The van der Waals surface area contributed by atoms with Crippen LogP contribution < -0.4 is 0 Å². The van der Waals surface area contributed by atoms with Crippen molar-refractivity contribution in [3.63, 3.8) is 0 Å². The third-order valence-corrected chi connectivity index (χ3v) is 4.82. The van der Waals surface area contributed by atoms with Crippen LogP contribution in [-0.2, 0) is 33.4 Å². The number of hydrogen-bond donors (Lipinski definition) is 4. The molecule has 0 aromatic heterocycles. The normalized spacial score (nSPS) is 38.8. The number of Topliss-reactive ketones (excluding diaryl/α,β-unsaturated/α-hetero) is 4. The van der Waals surface area contributed by atoms with E-state index in [1.54, 1.807) is 0 Å². The summed E-state index contributed by atoms with van der Waals surface area (Å²) < 4.78 is 9.57. The second kappa shape index (κ2) is 6.84. The molecule has 1 unspecified atom stereocenters. The number of carbonyl (C=O) groups excluding carboxylic acids is 5. The molecule has 0 aromatic rings. The number of ketones is 4. The van der Waals surface area contributed by atoms with E-state index in [1.165, 1.54) is 0 Å². The minimum absolute atomic E-state index is 0.609. The van der Waals surface area contributed by atoms with Crippen LogP contribution in [-0.4, -0.2) is 84.8 Å². The van der Waals surface area contributed by atoms with Crippen molar-refractivity contribution in [2.24, 2.45) is 0 Å². The van der Waals surface area contributed by atoms with Crippen molar-refractivity contribution in [1.82, 2.24) is 0 Å². The summed E-state index contributed by atoms with van der Waals surface area (Å²) in [6.45, 7) is 2.57. The van der Waals surface area contributed by atoms with Crippen molar-refractivity contribution >= 4 is 29.1 Å². The van der Waals surface area contributed by atoms with Crippen molar-refractivity contribution in [1.29, 1.82) is 0 Å². The fourth-order valence-electron chi connectivity index (χ4n) is 3.31. The van der Waals surface area contributed by atoms with E-state index in [0.29, 0.717) is 27.7 Å². The first-order chi connectivity index (χ1) is 12.0. The Morgan fingerprint density at radius 3 is 1.52 bits per heavy atom. The zero-order valence-electron chi connectivity index (χ0n) is 15.4. The molecule has 0 radical (unpaired) electrons. The Morgan fingerprint density at radius 1 is 0.778 bits per heavy atom. The molecule has 0 aromatic carbocycles. The smallest absolute Gasteiger partial charge is 0.302 e. The Bertz CT molecular complexity index is 715. The Hall–Kier alpha value is -2.05. The Kier molecular flexibility index (Phi) is 5.82. The molecule has 0 bridgehead atoms. The van der Waals surface area contributed by atoms with Gasteiger partial charge in [0.1, 0.15) is 12.7 Å². The molecule has 11 heteroatoms. The van der Waals surface area contributed by atoms with Crippen molar-refractivity contribution in [2.75, 3.05) is 6.61 Å². The van der Waals surface area contributed by atoms with E-state index in [1.807, 2.05) is 0 Å². The predicted molar refractivity (Wildman–Crippen MR) is 84.0 cm³/mol. The van der Waals surface area contributed by atoms with Gasteiger partial charge in [0.05, 0.1) is 0 Å². The first kappa shape index (κ1) is 23.0. The van der Waals surface area contributed by atoms with Crippen LogP contribution in [0.1, 0.15) is 34.6 Å². The number of hydrogen-bond acceptors (Lipinski definition) is 11. The SMILES string of the molecule is CC(=O)OC[C@H]1OC(O)(C(C)=O)[C@](O)(C(C)=O)[C@](O)(C(C)=O)[C@@]1(O)C(C)=O. The number of aliphatic hydroxyl groups is 4. The molecule has 1 aliphatic rings. The number of rotatable bonds is 6. The van der Waals surface area contributed by atoms with E-state index in [4.69, 9.17) is 4.74 Å². The maximum absolute atomic E-state index is 12.3. The minimum Gasteiger partial charge on any atom is -0.463 e. The Labute approximate surface area is 153 Å². The number of carbonyl (C=O) groups is 5. The van der Waals surface area contributed by atoms with E-state index >= 15 is 0 Å². The van der Waals surface area contributed by atoms with Gasteiger partial charge in [0.25, 0.3) is 5.79 Å². The largest absolute Gasteiger partial charge is 0.463 e. The van der Waals surface area contributed by atoms with Crippen molar-refractivity contribution in [3.05, 3.63) is 0 Å². The molecule has 0 aliphatic carbocycles. The molecule has 1 saturated heterocycles. The summed E-state index contributed by atoms with van der Waals surface area (Å²) in [4.78, 5) is 59.8. The standard InChI is InChI=1S/C16H22O11/c1-7(17)13(22)12(6-26-11(5)21)27-16(25,10(4)20)15(24,9(3)19)14(13,23)8(2)18/h12,22-25H,6H2,1-5H3/t12-,13-,14+,15+,16?/m1/s1. The first-order valence-electron chi connectivity index (χ1n) is 7.79. The van der Waals surface area contributed by atoms with Crippen LogP contribution in [0.2, 0.25) is 0 Å². The number of ether oxygens (including phenoxy) is 2. The molecule has 1 rings (SSSR count). The molecule has 1 fully saturated rings. The summed E-state index contributed by atoms with van der Waals surface area (Å²) >= 11 is 0. The molecule has 1 heterocycles. The van der Waals surface area contributed by atoms with Crippen LogP contribution in [0.25, 0.3) is 0 Å². The summed E-state index contributed by atoms with van der Waals surface area (Å²) in [6, 6.07) is 0. The van der Waals surface area contributed by atoms with Crippen LogP contribution in [0.4, 0.5) is 0 Å². The van der Waals surface area contributed by atoms with Gasteiger partial charge in [-0.05, 0) is 20.8 Å². The summed E-state index contributed by atoms with van der Waals surface area (Å²) in [7, 11) is 0. The lowest BCUT2D eigenvalue weighted by Gasteiger charge is -2.59. The highest BCUT2D eigenvalue weighted by Gasteiger charge is 2.83. The highest BCUT2D eigenvalue weighted by molar-refractivity contribution is 6.08. The third-order valence-electron chi connectivity index (χ3n) is 4.82. The van der Waals surface area contributed by atoms with Crippen molar-refractivity contribution in [3.8, 4) is 0 Å². The zero-order chi connectivity index (χ0) is 21.6. The van der Waals surface area contributed by atoms with Crippen LogP contribution >= 0.6 is 0 Å². The lowest BCUT2D eigenvalue weighted by molar-refractivity contribution is -0.390. The Morgan fingerprint density at radius 2 is 1.22 bits per heavy atom. The summed E-state index contributed by atoms with van der Waals surface area (Å²) in [5.74, 6) is -10.3. The topological polar surface area (TPSA) is 185 Å². The molecule has 0 saturated carbocycles. The number of esters is 1. The fourth-order valence-corrected chi connectivity index (χ4v) is 3.31. The highest BCUT2D eigenvalue weighted by Crippen LogP contribution is 2.50. The van der Waals surface area contributed by atoms with Gasteiger partial charge in [-0.1, -0.05) is 0 Å². The Balaban J connectivity index is 3.96. The van der Waals surface area contributed by atoms with Gasteiger partial charge in [0.15, 0.2) is 28.7 Å². The lowest BCUT2D eigenvalue weighted by atomic mass is 9.57. The average Bonchev–Trinajstić information content (AvgIpc) is 2.53. The van der Waals surface area contributed by atoms with E-state index in [0.717, 1.165) is 6.92 Å². The van der Waals surface area contributed by atoms with E-state index < -0.39 is 64.4 Å². The van der Waals surface area contributed by atoms with E-state index in [-0.39, 0.29) is 0 Å². The van der Waals surface area contributed by atoms with E-state index in [9.17, 15) is 44.4 Å². The molecule has 27 heavy (non-hydrogen) atoms. The molecular weight excluding hydrogens is 368 g/mol. The van der Waals surface area contributed by atoms with Crippen molar-refractivity contribution in [2.45, 2.75) is 63.3 Å². The van der Waals surface area contributed by atoms with Crippen LogP contribution in [0.5, 0.6) is 0 Å². The zero-order valence-corrected chi connectivity index (χ0v) is 15.4. The van der Waals surface area contributed by atoms with Crippen LogP contribution in [0.3, 0.4) is 0 Å². The molecule has 1 aliphatic heterocycles. The van der Waals surface area contributed by atoms with Gasteiger partial charge in [-0.25, -0.2) is 0 Å². The molecule has 4 N–H and O–H groups in total. The summed E-state index contributed by atoms with van der Waals surface area (Å²) in [6.07, 6.45) is -2.18. The second-order valence-corrected chi connectivity index (χ2v) is 6.47. The quantitative estimate of drug-likeness (QED) is 0.343.